The van der Waals surface area contributed by atoms with Crippen molar-refractivity contribution in [3.63, 3.8) is 0 Å². The lowest BCUT2D eigenvalue weighted by molar-refractivity contribution is -0.148. The fraction of sp³-hybridized carbons (Fsp3) is 0.300. The van der Waals surface area contributed by atoms with Gasteiger partial charge in [0.25, 0.3) is 0 Å². The Kier molecular flexibility index (Phi) is 5.73. The Morgan fingerprint density at radius 2 is 1.29 bits per heavy atom. The van der Waals surface area contributed by atoms with Crippen LogP contribution < -0.4 is 5.32 Å². The summed E-state index contributed by atoms with van der Waals surface area (Å²) in [5, 5.41) is 3.35. The van der Waals surface area contributed by atoms with Gasteiger partial charge >= 0.3 is 0 Å². The summed E-state index contributed by atoms with van der Waals surface area (Å²) >= 11 is 21.2. The van der Waals surface area contributed by atoms with E-state index in [1.807, 2.05) is 69.3 Å². The molecule has 0 saturated carbocycles. The van der Waals surface area contributed by atoms with Gasteiger partial charge in [0.15, 0.2) is 0 Å². The summed E-state index contributed by atoms with van der Waals surface area (Å²) in [6, 6.07) is 19.0. The number of amides is 3. The van der Waals surface area contributed by atoms with E-state index >= 15 is 0 Å². The van der Waals surface area contributed by atoms with E-state index in [0.29, 0.717) is 10.7 Å². The van der Waals surface area contributed by atoms with Crippen molar-refractivity contribution in [1.29, 1.82) is 0 Å². The summed E-state index contributed by atoms with van der Waals surface area (Å²) in [4.78, 5) is 40.8. The van der Waals surface area contributed by atoms with Gasteiger partial charge in [-0.3, -0.25) is 19.3 Å². The quantitative estimate of drug-likeness (QED) is 0.301. The second kappa shape index (κ2) is 8.57. The van der Waals surface area contributed by atoms with Crippen LogP contribution in [0.1, 0.15) is 41.7 Å². The number of alkyl halides is 2. The van der Waals surface area contributed by atoms with E-state index in [-0.39, 0.29) is 5.92 Å². The first-order chi connectivity index (χ1) is 18.0. The van der Waals surface area contributed by atoms with Crippen LogP contribution in [-0.4, -0.2) is 28.7 Å². The van der Waals surface area contributed by atoms with Crippen molar-refractivity contribution in [2.45, 2.75) is 36.6 Å². The molecule has 3 atom stereocenters. The van der Waals surface area contributed by atoms with Crippen LogP contribution >= 0.6 is 34.8 Å². The second-order valence-electron chi connectivity index (χ2n) is 10.7. The third-order valence-electron chi connectivity index (χ3n) is 8.26. The molecule has 0 aromatic heterocycles. The van der Waals surface area contributed by atoms with E-state index < -0.39 is 45.3 Å². The van der Waals surface area contributed by atoms with E-state index in [0.717, 1.165) is 32.7 Å². The third-order valence-corrected chi connectivity index (χ3v) is 9.77. The zero-order chi connectivity index (χ0) is 27.1. The van der Waals surface area contributed by atoms with Gasteiger partial charge in [-0.05, 0) is 52.8 Å². The molecule has 3 aromatic carbocycles. The molecule has 1 N–H and O–H groups in total. The Morgan fingerprint density at radius 1 is 0.842 bits per heavy atom. The molecule has 5 nitrogen and oxygen atoms in total. The highest BCUT2D eigenvalue weighted by atomic mass is 35.5. The summed E-state index contributed by atoms with van der Waals surface area (Å²) in [5.74, 6) is -3.73. The SMILES string of the molecule is Cc1ccc(Cl)cc1NC(=O)[C@H](C(C)C)N1C(=O)[C@H]2[C@H](C1=O)C1(Cl)c3ccccc3C2(Cl)c2ccccc21. The lowest BCUT2D eigenvalue weighted by Crippen LogP contribution is -2.57. The number of aryl methyl sites for hydroxylation is 1. The number of carbonyl (C=O) groups is 3. The summed E-state index contributed by atoms with van der Waals surface area (Å²) in [6.07, 6.45) is 0. The van der Waals surface area contributed by atoms with E-state index in [2.05, 4.69) is 5.32 Å². The van der Waals surface area contributed by atoms with Crippen LogP contribution in [0.5, 0.6) is 0 Å². The van der Waals surface area contributed by atoms with Crippen molar-refractivity contribution >= 4 is 58.2 Å². The summed E-state index contributed by atoms with van der Waals surface area (Å²) in [6.45, 7) is 5.46. The minimum atomic E-state index is -1.29. The Bertz CT molecular complexity index is 1410. The molecule has 0 spiro atoms. The number of benzene rings is 3. The van der Waals surface area contributed by atoms with Crippen LogP contribution in [0.15, 0.2) is 66.7 Å². The van der Waals surface area contributed by atoms with Gasteiger partial charge in [-0.2, -0.15) is 0 Å². The molecule has 7 rings (SSSR count). The first kappa shape index (κ1) is 25.4. The van der Waals surface area contributed by atoms with E-state index in [4.69, 9.17) is 34.8 Å². The molecule has 2 bridgehead atoms. The minimum absolute atomic E-state index is 0.373. The van der Waals surface area contributed by atoms with Gasteiger partial charge in [-0.15, -0.1) is 23.2 Å². The number of rotatable bonds is 4. The molecule has 3 aliphatic carbocycles. The summed E-state index contributed by atoms with van der Waals surface area (Å²) in [5.41, 5.74) is 4.22. The molecule has 1 fully saturated rings. The standard InChI is InChI=1S/C30H25Cl3N2O3/c1-15(2)25(26(36)34-22-14-17(31)13-12-16(22)3)35-27(37)23-24(28(35)38)30(33)19-9-5-4-8-18(19)29(23,32)20-10-6-7-11-21(20)30/h4-15,23-25H,1-3H3,(H,34,36)/t23-,24-,25+,29?,30?/m1/s1. The highest BCUT2D eigenvalue weighted by Crippen LogP contribution is 2.69. The largest absolute Gasteiger partial charge is 0.324 e. The number of nitrogens with zero attached hydrogens (tertiary/aromatic N) is 1. The molecule has 1 saturated heterocycles. The molecule has 8 heteroatoms. The van der Waals surface area contributed by atoms with Gasteiger partial charge < -0.3 is 5.32 Å². The van der Waals surface area contributed by atoms with Gasteiger partial charge in [-0.1, -0.05) is 80.0 Å². The van der Waals surface area contributed by atoms with E-state index in [9.17, 15) is 14.4 Å². The number of halogens is 3. The van der Waals surface area contributed by atoms with Crippen LogP contribution in [0.3, 0.4) is 0 Å². The molecular weight excluding hydrogens is 543 g/mol. The van der Waals surface area contributed by atoms with E-state index in [1.165, 1.54) is 0 Å². The van der Waals surface area contributed by atoms with Gasteiger partial charge in [0.1, 0.15) is 15.8 Å². The van der Waals surface area contributed by atoms with Crippen molar-refractivity contribution in [1.82, 2.24) is 4.90 Å². The first-order valence-corrected chi connectivity index (χ1v) is 13.7. The number of likely N-dealkylation sites (tertiary alicyclic amines) is 1. The van der Waals surface area contributed by atoms with Crippen LogP contribution in [-0.2, 0) is 24.1 Å². The Labute approximate surface area is 236 Å². The normalized spacial score (nSPS) is 27.7. The van der Waals surface area contributed by atoms with E-state index in [1.54, 1.807) is 18.2 Å². The lowest BCUT2D eigenvalue weighted by Gasteiger charge is -2.54. The van der Waals surface area contributed by atoms with Crippen LogP contribution in [0.2, 0.25) is 5.02 Å². The highest BCUT2D eigenvalue weighted by molar-refractivity contribution is 6.36. The number of carbonyl (C=O) groups excluding carboxylic acids is 3. The maximum atomic E-state index is 14.3. The summed E-state index contributed by atoms with van der Waals surface area (Å²) < 4.78 is 0. The molecule has 38 heavy (non-hydrogen) atoms. The second-order valence-corrected chi connectivity index (χ2v) is 12.3. The fourth-order valence-corrected chi connectivity index (χ4v) is 7.89. The van der Waals surface area contributed by atoms with Crippen molar-refractivity contribution in [2.24, 2.45) is 17.8 Å². The predicted octanol–water partition coefficient (Wildman–Crippen LogP) is 6.20. The smallest absolute Gasteiger partial charge is 0.247 e. The average Bonchev–Trinajstić information content (AvgIpc) is 3.16. The average molecular weight is 568 g/mol. The molecule has 3 aromatic rings. The molecule has 0 unspecified atom stereocenters. The van der Waals surface area contributed by atoms with Crippen molar-refractivity contribution in [3.8, 4) is 0 Å². The summed E-state index contributed by atoms with van der Waals surface area (Å²) in [7, 11) is 0. The number of hydrogen-bond donors (Lipinski definition) is 1. The topological polar surface area (TPSA) is 66.5 Å². The molecule has 3 amide bonds. The van der Waals surface area contributed by atoms with Crippen LogP contribution in [0.4, 0.5) is 5.69 Å². The van der Waals surface area contributed by atoms with Crippen molar-refractivity contribution in [2.75, 3.05) is 5.32 Å². The Hall–Kier alpha value is -2.86. The Balaban J connectivity index is 1.49. The number of anilines is 1. The number of hydrogen-bond acceptors (Lipinski definition) is 3. The van der Waals surface area contributed by atoms with Crippen molar-refractivity contribution in [3.05, 3.63) is 99.6 Å². The molecule has 1 aliphatic heterocycles. The highest BCUT2D eigenvalue weighted by Gasteiger charge is 2.73. The molecule has 0 radical (unpaired) electrons. The monoisotopic (exact) mass is 566 g/mol. The molecule has 194 valence electrons. The van der Waals surface area contributed by atoms with Gasteiger partial charge in [0, 0.05) is 10.7 Å². The lowest BCUT2D eigenvalue weighted by atomic mass is 9.54. The van der Waals surface area contributed by atoms with Gasteiger partial charge in [0.05, 0.1) is 11.8 Å². The van der Waals surface area contributed by atoms with Crippen LogP contribution in [0, 0.1) is 24.7 Å². The first-order valence-electron chi connectivity index (χ1n) is 12.5. The zero-order valence-electron chi connectivity index (χ0n) is 21.0. The van der Waals surface area contributed by atoms with Crippen LogP contribution in [0.25, 0.3) is 0 Å². The Morgan fingerprint density at radius 3 is 1.71 bits per heavy atom. The van der Waals surface area contributed by atoms with Crippen molar-refractivity contribution < 1.29 is 14.4 Å². The van der Waals surface area contributed by atoms with Gasteiger partial charge in [-0.25, -0.2) is 0 Å². The predicted molar refractivity (Wildman–Crippen MR) is 148 cm³/mol. The molecule has 1 heterocycles. The van der Waals surface area contributed by atoms with Gasteiger partial charge in [0.2, 0.25) is 17.7 Å². The number of nitrogens with one attached hydrogen (secondary N) is 1. The minimum Gasteiger partial charge on any atom is -0.324 e. The molecular formula is C30H25Cl3N2O3. The maximum absolute atomic E-state index is 14.3. The zero-order valence-corrected chi connectivity index (χ0v) is 23.2. The number of imide groups is 1. The third kappa shape index (κ3) is 3.16. The molecule has 4 aliphatic rings. The maximum Gasteiger partial charge on any atom is 0.247 e. The fourth-order valence-electron chi connectivity index (χ4n) is 6.62.